The van der Waals surface area contributed by atoms with Crippen LogP contribution in [-0.4, -0.2) is 27.2 Å². The van der Waals surface area contributed by atoms with Crippen LogP contribution in [0.2, 0.25) is 0 Å². The molecular formula is C19H27N3OS. The summed E-state index contributed by atoms with van der Waals surface area (Å²) in [5.74, 6) is 0.389. The molecule has 5 heteroatoms. The number of hydrogen-bond acceptors (Lipinski definition) is 4. The van der Waals surface area contributed by atoms with Crippen molar-refractivity contribution in [2.45, 2.75) is 57.5 Å². The van der Waals surface area contributed by atoms with Gasteiger partial charge in [-0.3, -0.25) is 0 Å². The molecule has 0 amide bonds. The minimum absolute atomic E-state index is 0.145. The largest absolute Gasteiger partial charge is 0.507 e. The Kier molecular flexibility index (Phi) is 5.14. The summed E-state index contributed by atoms with van der Waals surface area (Å²) in [7, 11) is 0. The molecule has 24 heavy (non-hydrogen) atoms. The summed E-state index contributed by atoms with van der Waals surface area (Å²) in [4.78, 5) is 4.25. The first-order valence-corrected chi connectivity index (χ1v) is 9.26. The smallest absolute Gasteiger partial charge is 0.188 e. The van der Waals surface area contributed by atoms with Gasteiger partial charge in [-0.25, -0.2) is 9.66 Å². The van der Waals surface area contributed by atoms with Gasteiger partial charge in [0.1, 0.15) is 5.75 Å². The van der Waals surface area contributed by atoms with E-state index in [9.17, 15) is 5.11 Å². The second kappa shape index (κ2) is 6.63. The van der Waals surface area contributed by atoms with Crippen LogP contribution < -0.4 is 0 Å². The molecule has 0 saturated heterocycles. The normalized spacial score (nSPS) is 13.0. The highest BCUT2D eigenvalue weighted by atomic mass is 32.2. The first-order chi connectivity index (χ1) is 11.0. The Morgan fingerprint density at radius 2 is 1.62 bits per heavy atom. The topological polar surface area (TPSA) is 50.4 Å². The van der Waals surface area contributed by atoms with Crippen LogP contribution in [0.5, 0.6) is 5.75 Å². The Hall–Kier alpha value is -1.75. The summed E-state index contributed by atoms with van der Waals surface area (Å²) in [6.07, 6.45) is 7.37. The molecule has 0 aliphatic carbocycles. The van der Waals surface area contributed by atoms with Gasteiger partial charge < -0.3 is 5.11 Å². The van der Waals surface area contributed by atoms with Crippen molar-refractivity contribution in [2.24, 2.45) is 5.10 Å². The van der Waals surface area contributed by atoms with E-state index >= 15 is 0 Å². The van der Waals surface area contributed by atoms with E-state index in [-0.39, 0.29) is 10.8 Å². The lowest BCUT2D eigenvalue weighted by molar-refractivity contribution is 0.423. The molecule has 0 aliphatic rings. The molecule has 1 aromatic heterocycles. The molecule has 0 aliphatic heterocycles. The molecule has 0 bridgehead atoms. The van der Waals surface area contributed by atoms with Crippen molar-refractivity contribution in [3.8, 4) is 5.75 Å². The Balaban J connectivity index is 2.54. The maximum Gasteiger partial charge on any atom is 0.188 e. The number of aromatic hydroxyl groups is 1. The second-order valence-corrected chi connectivity index (χ2v) is 8.74. The van der Waals surface area contributed by atoms with Crippen LogP contribution in [0.1, 0.15) is 58.2 Å². The predicted octanol–water partition coefficient (Wildman–Crippen LogP) is 4.79. The minimum Gasteiger partial charge on any atom is -0.507 e. The molecule has 1 N–H and O–H groups in total. The zero-order valence-corrected chi connectivity index (χ0v) is 16.4. The minimum atomic E-state index is -0.145. The number of benzene rings is 1. The molecule has 0 saturated carbocycles. The lowest BCUT2D eigenvalue weighted by Gasteiger charge is -2.27. The van der Waals surface area contributed by atoms with E-state index in [4.69, 9.17) is 0 Å². The van der Waals surface area contributed by atoms with Crippen molar-refractivity contribution in [1.82, 2.24) is 9.66 Å². The molecular weight excluding hydrogens is 318 g/mol. The van der Waals surface area contributed by atoms with Crippen LogP contribution in [0.25, 0.3) is 0 Å². The summed E-state index contributed by atoms with van der Waals surface area (Å²) < 4.78 is 1.76. The highest BCUT2D eigenvalue weighted by molar-refractivity contribution is 7.98. The van der Waals surface area contributed by atoms with Crippen molar-refractivity contribution in [2.75, 3.05) is 6.26 Å². The molecule has 2 aromatic rings. The van der Waals surface area contributed by atoms with Crippen LogP contribution in [-0.2, 0) is 10.8 Å². The van der Waals surface area contributed by atoms with Crippen molar-refractivity contribution in [3.63, 3.8) is 0 Å². The van der Waals surface area contributed by atoms with E-state index in [2.05, 4.69) is 51.6 Å². The average molecular weight is 346 g/mol. The summed E-state index contributed by atoms with van der Waals surface area (Å²) in [5, 5.41) is 16.1. The molecule has 4 nitrogen and oxygen atoms in total. The Bertz CT molecular complexity index is 714. The number of phenolic OH excluding ortho intramolecular Hbond substituents is 1. The highest BCUT2D eigenvalue weighted by Crippen LogP contribution is 2.39. The molecule has 130 valence electrons. The standard InChI is InChI=1S/C19H27N3OS/c1-18(2,3)14-10-13(11-15(16(14)23)19(4,5)6)12-21-22-9-8-20-17(22)24-7/h8-12,23H,1-7H3. The average Bonchev–Trinajstić information content (AvgIpc) is 2.91. The Morgan fingerprint density at radius 1 is 1.08 bits per heavy atom. The van der Waals surface area contributed by atoms with E-state index in [1.54, 1.807) is 22.6 Å². The third-order valence-electron chi connectivity index (χ3n) is 3.85. The number of rotatable bonds is 3. The Labute approximate surface area is 149 Å². The van der Waals surface area contributed by atoms with Gasteiger partial charge in [0.25, 0.3) is 0 Å². The highest BCUT2D eigenvalue weighted by Gasteiger charge is 2.26. The van der Waals surface area contributed by atoms with Gasteiger partial charge in [0.15, 0.2) is 5.16 Å². The fourth-order valence-electron chi connectivity index (χ4n) is 2.52. The zero-order valence-electron chi connectivity index (χ0n) is 15.6. The molecule has 0 radical (unpaired) electrons. The fourth-order valence-corrected chi connectivity index (χ4v) is 2.98. The van der Waals surface area contributed by atoms with Crippen molar-refractivity contribution < 1.29 is 5.11 Å². The Morgan fingerprint density at radius 3 is 2.08 bits per heavy atom. The van der Waals surface area contributed by atoms with Gasteiger partial charge in [0.05, 0.1) is 6.21 Å². The zero-order chi connectivity index (χ0) is 18.1. The van der Waals surface area contributed by atoms with Crippen LogP contribution in [0.4, 0.5) is 0 Å². The summed E-state index contributed by atoms with van der Waals surface area (Å²) in [5.41, 5.74) is 2.56. The van der Waals surface area contributed by atoms with E-state index in [0.717, 1.165) is 21.8 Å². The summed E-state index contributed by atoms with van der Waals surface area (Å²) >= 11 is 1.55. The number of hydrogen-bond donors (Lipinski definition) is 1. The fraction of sp³-hybridized carbons (Fsp3) is 0.474. The molecule has 1 aromatic carbocycles. The summed E-state index contributed by atoms with van der Waals surface area (Å²) in [6, 6.07) is 4.04. The summed E-state index contributed by atoms with van der Waals surface area (Å²) in [6.45, 7) is 12.6. The van der Waals surface area contributed by atoms with Crippen LogP contribution in [0.3, 0.4) is 0 Å². The van der Waals surface area contributed by atoms with Gasteiger partial charge in [-0.15, -0.1) is 0 Å². The van der Waals surface area contributed by atoms with Gasteiger partial charge in [0, 0.05) is 23.5 Å². The van der Waals surface area contributed by atoms with E-state index in [1.165, 1.54) is 0 Å². The van der Waals surface area contributed by atoms with Crippen molar-refractivity contribution >= 4 is 18.0 Å². The maximum absolute atomic E-state index is 10.8. The van der Waals surface area contributed by atoms with Gasteiger partial charge in [-0.1, -0.05) is 53.3 Å². The molecule has 0 spiro atoms. The molecule has 0 unspecified atom stereocenters. The maximum atomic E-state index is 10.8. The molecule has 0 fully saturated rings. The van der Waals surface area contributed by atoms with Crippen LogP contribution in [0.15, 0.2) is 34.8 Å². The van der Waals surface area contributed by atoms with Crippen LogP contribution in [0, 0.1) is 0 Å². The van der Waals surface area contributed by atoms with Crippen molar-refractivity contribution in [3.05, 3.63) is 41.2 Å². The van der Waals surface area contributed by atoms with Gasteiger partial charge in [-0.05, 0) is 34.8 Å². The number of thioether (sulfide) groups is 1. The van der Waals surface area contributed by atoms with Gasteiger partial charge in [-0.2, -0.15) is 5.10 Å². The number of nitrogens with zero attached hydrogens (tertiary/aromatic N) is 3. The third kappa shape index (κ3) is 4.01. The number of aromatic nitrogens is 2. The van der Waals surface area contributed by atoms with E-state index in [0.29, 0.717) is 5.75 Å². The lowest BCUT2D eigenvalue weighted by atomic mass is 9.78. The SMILES string of the molecule is CSc1nccn1N=Cc1cc(C(C)(C)C)c(O)c(C(C)(C)C)c1. The van der Waals surface area contributed by atoms with E-state index in [1.807, 2.05) is 30.8 Å². The van der Waals surface area contributed by atoms with E-state index < -0.39 is 0 Å². The third-order valence-corrected chi connectivity index (χ3v) is 4.51. The first-order valence-electron chi connectivity index (χ1n) is 8.03. The quantitative estimate of drug-likeness (QED) is 0.643. The number of imidazole rings is 1. The molecule has 0 atom stereocenters. The second-order valence-electron chi connectivity index (χ2n) is 7.97. The molecule has 1 heterocycles. The monoisotopic (exact) mass is 345 g/mol. The van der Waals surface area contributed by atoms with Gasteiger partial charge in [0.2, 0.25) is 0 Å². The number of phenols is 1. The lowest BCUT2D eigenvalue weighted by Crippen LogP contribution is -2.17. The van der Waals surface area contributed by atoms with Gasteiger partial charge >= 0.3 is 0 Å². The van der Waals surface area contributed by atoms with Crippen molar-refractivity contribution in [1.29, 1.82) is 0 Å². The predicted molar refractivity (Wildman–Crippen MR) is 103 cm³/mol. The first kappa shape index (κ1) is 18.6. The van der Waals surface area contributed by atoms with Crippen LogP contribution >= 0.6 is 11.8 Å². The molecule has 2 rings (SSSR count).